The minimum atomic E-state index is -0.0827. The molecule has 0 amide bonds. The van der Waals surface area contributed by atoms with Gasteiger partial charge in [0, 0.05) is 0 Å². The van der Waals surface area contributed by atoms with Crippen LogP contribution in [0.15, 0.2) is 24.3 Å². The van der Waals surface area contributed by atoms with Gasteiger partial charge in [-0.25, -0.2) is 4.39 Å². The van der Waals surface area contributed by atoms with Crippen molar-refractivity contribution >= 4 is 0 Å². The molecule has 76 valence electrons. The summed E-state index contributed by atoms with van der Waals surface area (Å²) in [5.74, 6) is 0.816. The Balaban J connectivity index is 1.71. The zero-order valence-electron chi connectivity index (χ0n) is 8.30. The van der Waals surface area contributed by atoms with Gasteiger partial charge in [-0.3, -0.25) is 0 Å². The number of benzene rings is 1. The SMILES string of the molecule is Fc1ccccc1CCNCC1CC1. The van der Waals surface area contributed by atoms with Crippen molar-refractivity contribution in [2.45, 2.75) is 19.3 Å². The average molecular weight is 193 g/mol. The fraction of sp³-hybridized carbons (Fsp3) is 0.500. The van der Waals surface area contributed by atoms with E-state index in [1.54, 1.807) is 6.07 Å². The third kappa shape index (κ3) is 2.81. The molecule has 0 saturated heterocycles. The van der Waals surface area contributed by atoms with E-state index in [1.165, 1.54) is 18.9 Å². The Hall–Kier alpha value is -0.890. The molecule has 14 heavy (non-hydrogen) atoms. The summed E-state index contributed by atoms with van der Waals surface area (Å²) in [4.78, 5) is 0. The summed E-state index contributed by atoms with van der Waals surface area (Å²) in [5.41, 5.74) is 0.816. The Morgan fingerprint density at radius 2 is 2.07 bits per heavy atom. The Labute approximate surface area is 84.3 Å². The maximum Gasteiger partial charge on any atom is 0.126 e. The number of hydrogen-bond donors (Lipinski definition) is 1. The van der Waals surface area contributed by atoms with Crippen molar-refractivity contribution in [2.24, 2.45) is 5.92 Å². The largest absolute Gasteiger partial charge is 0.316 e. The fourth-order valence-electron chi connectivity index (χ4n) is 1.55. The summed E-state index contributed by atoms with van der Waals surface area (Å²) in [7, 11) is 0. The molecule has 0 spiro atoms. The van der Waals surface area contributed by atoms with E-state index in [1.807, 2.05) is 12.1 Å². The van der Waals surface area contributed by atoms with Gasteiger partial charge < -0.3 is 5.32 Å². The molecule has 1 saturated carbocycles. The van der Waals surface area contributed by atoms with Gasteiger partial charge >= 0.3 is 0 Å². The fourth-order valence-corrected chi connectivity index (χ4v) is 1.55. The molecule has 2 rings (SSSR count). The smallest absolute Gasteiger partial charge is 0.126 e. The van der Waals surface area contributed by atoms with E-state index >= 15 is 0 Å². The van der Waals surface area contributed by atoms with Crippen molar-refractivity contribution in [3.05, 3.63) is 35.6 Å². The van der Waals surface area contributed by atoms with E-state index in [2.05, 4.69) is 5.32 Å². The number of rotatable bonds is 5. The van der Waals surface area contributed by atoms with Gasteiger partial charge in [-0.05, 0) is 49.9 Å². The van der Waals surface area contributed by atoms with Gasteiger partial charge in [0.15, 0.2) is 0 Å². The van der Waals surface area contributed by atoms with Gasteiger partial charge in [-0.2, -0.15) is 0 Å². The molecule has 0 radical (unpaired) electrons. The van der Waals surface area contributed by atoms with Crippen molar-refractivity contribution in [3.8, 4) is 0 Å². The second kappa shape index (κ2) is 4.56. The zero-order valence-corrected chi connectivity index (χ0v) is 8.30. The molecule has 0 heterocycles. The number of nitrogens with one attached hydrogen (secondary N) is 1. The van der Waals surface area contributed by atoms with Crippen molar-refractivity contribution in [3.63, 3.8) is 0 Å². The monoisotopic (exact) mass is 193 g/mol. The lowest BCUT2D eigenvalue weighted by molar-refractivity contribution is 0.590. The van der Waals surface area contributed by atoms with Gasteiger partial charge in [-0.15, -0.1) is 0 Å². The van der Waals surface area contributed by atoms with Gasteiger partial charge in [0.05, 0.1) is 0 Å². The highest BCUT2D eigenvalue weighted by atomic mass is 19.1. The molecule has 1 aromatic rings. The molecular formula is C12H16FN. The highest BCUT2D eigenvalue weighted by Crippen LogP contribution is 2.27. The Morgan fingerprint density at radius 3 is 2.79 bits per heavy atom. The predicted molar refractivity (Wildman–Crippen MR) is 55.7 cm³/mol. The average Bonchev–Trinajstić information content (AvgIpc) is 2.99. The summed E-state index contributed by atoms with van der Waals surface area (Å²) in [6, 6.07) is 7.00. The second-order valence-electron chi connectivity index (χ2n) is 3.99. The maximum absolute atomic E-state index is 13.2. The van der Waals surface area contributed by atoms with E-state index in [9.17, 15) is 4.39 Å². The second-order valence-corrected chi connectivity index (χ2v) is 3.99. The molecule has 1 fully saturated rings. The van der Waals surface area contributed by atoms with Crippen LogP contribution >= 0.6 is 0 Å². The summed E-state index contributed by atoms with van der Waals surface area (Å²) < 4.78 is 13.2. The first kappa shape index (κ1) is 9.66. The van der Waals surface area contributed by atoms with E-state index in [0.717, 1.165) is 31.0 Å². The van der Waals surface area contributed by atoms with Crippen LogP contribution in [0.5, 0.6) is 0 Å². The maximum atomic E-state index is 13.2. The molecule has 0 aromatic heterocycles. The van der Waals surface area contributed by atoms with Crippen LogP contribution in [0, 0.1) is 11.7 Å². The molecular weight excluding hydrogens is 177 g/mol. The molecule has 0 aliphatic heterocycles. The Bertz CT molecular complexity index is 294. The topological polar surface area (TPSA) is 12.0 Å². The molecule has 0 atom stereocenters. The highest BCUT2D eigenvalue weighted by Gasteiger charge is 2.19. The van der Waals surface area contributed by atoms with Gasteiger partial charge in [-0.1, -0.05) is 18.2 Å². The first-order valence-electron chi connectivity index (χ1n) is 5.30. The first-order valence-corrected chi connectivity index (χ1v) is 5.30. The van der Waals surface area contributed by atoms with Crippen molar-refractivity contribution in [2.75, 3.05) is 13.1 Å². The third-order valence-electron chi connectivity index (χ3n) is 2.66. The first-order chi connectivity index (χ1) is 6.86. The Morgan fingerprint density at radius 1 is 1.29 bits per heavy atom. The van der Waals surface area contributed by atoms with Crippen LogP contribution < -0.4 is 5.32 Å². The molecule has 1 aliphatic carbocycles. The summed E-state index contributed by atoms with van der Waals surface area (Å²) in [5, 5.41) is 3.36. The predicted octanol–water partition coefficient (Wildman–Crippen LogP) is 2.37. The molecule has 1 aliphatic rings. The third-order valence-corrected chi connectivity index (χ3v) is 2.66. The van der Waals surface area contributed by atoms with E-state index in [0.29, 0.717) is 0 Å². The molecule has 2 heteroatoms. The number of hydrogen-bond acceptors (Lipinski definition) is 1. The van der Waals surface area contributed by atoms with E-state index in [4.69, 9.17) is 0 Å². The van der Waals surface area contributed by atoms with Crippen LogP contribution in [0.25, 0.3) is 0 Å². The highest BCUT2D eigenvalue weighted by molar-refractivity contribution is 5.17. The van der Waals surface area contributed by atoms with Crippen LogP contribution in [0.3, 0.4) is 0 Å². The van der Waals surface area contributed by atoms with Gasteiger partial charge in [0.1, 0.15) is 5.82 Å². The Kier molecular flexibility index (Phi) is 3.14. The van der Waals surface area contributed by atoms with Crippen molar-refractivity contribution in [1.82, 2.24) is 5.32 Å². The summed E-state index contributed by atoms with van der Waals surface area (Å²) >= 11 is 0. The van der Waals surface area contributed by atoms with Gasteiger partial charge in [0.2, 0.25) is 0 Å². The van der Waals surface area contributed by atoms with Crippen LogP contribution in [-0.2, 0) is 6.42 Å². The van der Waals surface area contributed by atoms with E-state index < -0.39 is 0 Å². The van der Waals surface area contributed by atoms with Crippen LogP contribution in [0.1, 0.15) is 18.4 Å². The quantitative estimate of drug-likeness (QED) is 0.708. The lowest BCUT2D eigenvalue weighted by atomic mass is 10.1. The zero-order chi connectivity index (χ0) is 9.80. The van der Waals surface area contributed by atoms with Crippen molar-refractivity contribution in [1.29, 1.82) is 0 Å². The number of halogens is 1. The van der Waals surface area contributed by atoms with Crippen LogP contribution in [0.2, 0.25) is 0 Å². The molecule has 1 aromatic carbocycles. The normalized spacial score (nSPS) is 15.8. The van der Waals surface area contributed by atoms with Crippen molar-refractivity contribution < 1.29 is 4.39 Å². The van der Waals surface area contributed by atoms with Gasteiger partial charge in [0.25, 0.3) is 0 Å². The molecule has 0 unspecified atom stereocenters. The molecule has 1 nitrogen and oxygen atoms in total. The molecule has 0 bridgehead atoms. The van der Waals surface area contributed by atoms with Crippen LogP contribution in [-0.4, -0.2) is 13.1 Å². The van der Waals surface area contributed by atoms with E-state index in [-0.39, 0.29) is 5.82 Å². The van der Waals surface area contributed by atoms with Crippen LogP contribution in [0.4, 0.5) is 4.39 Å². The minimum Gasteiger partial charge on any atom is -0.316 e. The lowest BCUT2D eigenvalue weighted by Gasteiger charge is -2.04. The summed E-state index contributed by atoms with van der Waals surface area (Å²) in [6.45, 7) is 1.99. The summed E-state index contributed by atoms with van der Waals surface area (Å²) in [6.07, 6.45) is 3.53. The minimum absolute atomic E-state index is 0.0827. The standard InChI is InChI=1S/C12H16FN/c13-12-4-2-1-3-11(12)7-8-14-9-10-5-6-10/h1-4,10,14H,5-9H2. The molecule has 1 N–H and O–H groups in total. The lowest BCUT2D eigenvalue weighted by Crippen LogP contribution is -2.20.